The van der Waals surface area contributed by atoms with Crippen molar-refractivity contribution in [1.29, 1.82) is 0 Å². The molecule has 0 aliphatic heterocycles. The van der Waals surface area contributed by atoms with Crippen molar-refractivity contribution >= 4 is 21.7 Å². The fourth-order valence-electron chi connectivity index (χ4n) is 2.69. The van der Waals surface area contributed by atoms with Crippen LogP contribution in [-0.2, 0) is 0 Å². The van der Waals surface area contributed by atoms with E-state index >= 15 is 0 Å². The third-order valence-corrected chi connectivity index (χ3v) is 4.20. The molecule has 1 fully saturated rings. The number of hydrogen-bond donors (Lipinski definition) is 1. The molecule has 1 saturated carbocycles. The topological polar surface area (TPSA) is 37.8 Å². The summed E-state index contributed by atoms with van der Waals surface area (Å²) in [7, 11) is 0. The molecule has 0 aromatic carbocycles. The van der Waals surface area contributed by atoms with Gasteiger partial charge in [0, 0.05) is 18.5 Å². The van der Waals surface area contributed by atoms with E-state index in [0.717, 1.165) is 28.7 Å². The minimum Gasteiger partial charge on any atom is -0.370 e. The van der Waals surface area contributed by atoms with Crippen molar-refractivity contribution in [2.45, 2.75) is 58.3 Å². The zero-order chi connectivity index (χ0) is 13.7. The first-order valence-electron chi connectivity index (χ1n) is 7.43. The van der Waals surface area contributed by atoms with Crippen LogP contribution < -0.4 is 5.32 Å². The quantitative estimate of drug-likeness (QED) is 0.606. The lowest BCUT2D eigenvalue weighted by Crippen LogP contribution is -2.08. The van der Waals surface area contributed by atoms with Gasteiger partial charge < -0.3 is 5.32 Å². The molecule has 4 heteroatoms. The predicted molar refractivity (Wildman–Crippen MR) is 83.5 cm³/mol. The molecule has 1 aromatic rings. The van der Waals surface area contributed by atoms with Crippen LogP contribution in [0.15, 0.2) is 10.7 Å². The van der Waals surface area contributed by atoms with E-state index in [9.17, 15) is 0 Å². The van der Waals surface area contributed by atoms with Gasteiger partial charge in [-0.1, -0.05) is 39.5 Å². The average molecular weight is 326 g/mol. The number of rotatable bonds is 6. The van der Waals surface area contributed by atoms with Gasteiger partial charge in [-0.15, -0.1) is 0 Å². The summed E-state index contributed by atoms with van der Waals surface area (Å²) in [4.78, 5) is 8.94. The fourth-order valence-corrected chi connectivity index (χ4v) is 3.09. The Hall–Kier alpha value is -0.640. The van der Waals surface area contributed by atoms with Gasteiger partial charge in [0.25, 0.3) is 0 Å². The molecule has 0 amide bonds. The van der Waals surface area contributed by atoms with Crippen LogP contribution in [0.4, 0.5) is 5.82 Å². The molecule has 1 aromatic heterocycles. The molecule has 0 unspecified atom stereocenters. The highest BCUT2D eigenvalue weighted by Crippen LogP contribution is 2.28. The van der Waals surface area contributed by atoms with Crippen molar-refractivity contribution in [2.24, 2.45) is 5.92 Å². The molecule has 19 heavy (non-hydrogen) atoms. The Balaban J connectivity index is 1.78. The second-order valence-corrected chi connectivity index (χ2v) is 6.62. The molecule has 1 heterocycles. The zero-order valence-corrected chi connectivity index (χ0v) is 13.5. The fraction of sp³-hybridized carbons (Fsp3) is 0.733. The van der Waals surface area contributed by atoms with Crippen molar-refractivity contribution < 1.29 is 0 Å². The van der Waals surface area contributed by atoms with Crippen LogP contribution in [-0.4, -0.2) is 16.5 Å². The van der Waals surface area contributed by atoms with Crippen molar-refractivity contribution in [3.8, 4) is 0 Å². The maximum Gasteiger partial charge on any atom is 0.134 e. The van der Waals surface area contributed by atoms with Crippen molar-refractivity contribution in [2.75, 3.05) is 11.9 Å². The van der Waals surface area contributed by atoms with Crippen LogP contribution in [0.5, 0.6) is 0 Å². The summed E-state index contributed by atoms with van der Waals surface area (Å²) < 4.78 is 0.865. The third-order valence-electron chi connectivity index (χ3n) is 3.80. The van der Waals surface area contributed by atoms with E-state index in [1.165, 1.54) is 38.5 Å². The Bertz CT molecular complexity index is 400. The van der Waals surface area contributed by atoms with Gasteiger partial charge in [0.05, 0.1) is 0 Å². The van der Waals surface area contributed by atoms with Crippen LogP contribution in [0, 0.1) is 5.92 Å². The summed E-state index contributed by atoms with van der Waals surface area (Å²) in [5, 5.41) is 3.42. The molecule has 1 aliphatic rings. The van der Waals surface area contributed by atoms with Gasteiger partial charge in [0.2, 0.25) is 0 Å². The highest BCUT2D eigenvalue weighted by atomic mass is 79.9. The number of halogens is 1. The third kappa shape index (κ3) is 4.75. The van der Waals surface area contributed by atoms with E-state index < -0.39 is 0 Å². The van der Waals surface area contributed by atoms with E-state index in [2.05, 4.69) is 45.1 Å². The zero-order valence-electron chi connectivity index (χ0n) is 12.0. The first-order chi connectivity index (χ1) is 9.15. The molecule has 2 rings (SSSR count). The molecular formula is C15H24BrN3. The van der Waals surface area contributed by atoms with Crippen LogP contribution in [0.1, 0.15) is 64.1 Å². The molecule has 3 nitrogen and oxygen atoms in total. The number of hydrogen-bond acceptors (Lipinski definition) is 3. The number of anilines is 1. The summed E-state index contributed by atoms with van der Waals surface area (Å²) in [6.45, 7) is 5.24. The number of nitrogens with zero attached hydrogens (tertiary/aromatic N) is 2. The maximum absolute atomic E-state index is 4.55. The Morgan fingerprint density at radius 3 is 2.74 bits per heavy atom. The Morgan fingerprint density at radius 1 is 1.32 bits per heavy atom. The minimum atomic E-state index is 0.358. The van der Waals surface area contributed by atoms with E-state index in [4.69, 9.17) is 0 Å². The molecule has 0 radical (unpaired) electrons. The summed E-state index contributed by atoms with van der Waals surface area (Å²) in [6.07, 6.45) is 8.36. The van der Waals surface area contributed by atoms with E-state index in [1.807, 2.05) is 6.07 Å². The van der Waals surface area contributed by atoms with Crippen LogP contribution in [0.3, 0.4) is 0 Å². The molecular weight excluding hydrogens is 302 g/mol. The maximum atomic E-state index is 4.55. The summed E-state index contributed by atoms with van der Waals surface area (Å²) in [5.41, 5.74) is 0. The van der Waals surface area contributed by atoms with Gasteiger partial charge in [-0.05, 0) is 34.7 Å². The van der Waals surface area contributed by atoms with E-state index in [0.29, 0.717) is 5.92 Å². The van der Waals surface area contributed by atoms with Crippen molar-refractivity contribution in [3.05, 3.63) is 16.5 Å². The summed E-state index contributed by atoms with van der Waals surface area (Å²) in [6, 6.07) is 1.96. The molecule has 1 N–H and O–H groups in total. The van der Waals surface area contributed by atoms with Crippen LogP contribution in [0.25, 0.3) is 0 Å². The highest BCUT2D eigenvalue weighted by Gasteiger charge is 2.14. The first kappa shape index (κ1) is 14.8. The first-order valence-corrected chi connectivity index (χ1v) is 8.23. The summed E-state index contributed by atoms with van der Waals surface area (Å²) >= 11 is 3.45. The van der Waals surface area contributed by atoms with Gasteiger partial charge in [-0.3, -0.25) is 0 Å². The molecule has 106 valence electrons. The molecule has 1 aliphatic carbocycles. The minimum absolute atomic E-state index is 0.358. The lowest BCUT2D eigenvalue weighted by molar-refractivity contribution is 0.491. The smallest absolute Gasteiger partial charge is 0.134 e. The normalized spacial score (nSPS) is 16.2. The Morgan fingerprint density at radius 2 is 2.05 bits per heavy atom. The number of aromatic nitrogens is 2. The summed E-state index contributed by atoms with van der Waals surface area (Å²) in [5.74, 6) is 3.17. The molecule has 0 atom stereocenters. The second-order valence-electron chi connectivity index (χ2n) is 5.81. The van der Waals surface area contributed by atoms with Crippen molar-refractivity contribution in [1.82, 2.24) is 9.97 Å². The predicted octanol–water partition coefficient (Wildman–Crippen LogP) is 4.74. The molecule has 0 spiro atoms. The van der Waals surface area contributed by atoms with Gasteiger partial charge in [-0.2, -0.15) is 0 Å². The van der Waals surface area contributed by atoms with E-state index in [-0.39, 0.29) is 0 Å². The monoisotopic (exact) mass is 325 g/mol. The Labute approximate surface area is 124 Å². The largest absolute Gasteiger partial charge is 0.370 e. The Kier molecular flexibility index (Phi) is 5.61. The highest BCUT2D eigenvalue weighted by molar-refractivity contribution is 9.10. The average Bonchev–Trinajstić information content (AvgIpc) is 2.87. The van der Waals surface area contributed by atoms with Crippen molar-refractivity contribution in [3.63, 3.8) is 0 Å². The SMILES string of the molecule is CC(C)c1nc(Br)cc(NCCCC2CCCC2)n1. The lowest BCUT2D eigenvalue weighted by atomic mass is 10.0. The van der Waals surface area contributed by atoms with Gasteiger partial charge in [0.15, 0.2) is 0 Å². The lowest BCUT2D eigenvalue weighted by Gasteiger charge is -2.11. The van der Waals surface area contributed by atoms with E-state index in [1.54, 1.807) is 0 Å². The standard InChI is InChI=1S/C15H24BrN3/c1-11(2)15-18-13(16)10-14(19-15)17-9-5-8-12-6-3-4-7-12/h10-12H,3-9H2,1-2H3,(H,17,18,19). The van der Waals surface area contributed by atoms with Gasteiger partial charge in [-0.25, -0.2) is 9.97 Å². The van der Waals surface area contributed by atoms with Crippen LogP contribution in [0.2, 0.25) is 0 Å². The molecule has 0 bridgehead atoms. The van der Waals surface area contributed by atoms with Gasteiger partial charge >= 0.3 is 0 Å². The number of nitrogens with one attached hydrogen (secondary N) is 1. The van der Waals surface area contributed by atoms with Crippen LogP contribution >= 0.6 is 15.9 Å². The second kappa shape index (κ2) is 7.22. The van der Waals surface area contributed by atoms with Gasteiger partial charge in [0.1, 0.15) is 16.2 Å². The molecule has 0 saturated heterocycles.